The number of hydrogen-bond donors (Lipinski definition) is 2. The van der Waals surface area contributed by atoms with Gasteiger partial charge >= 0.3 is 5.97 Å². The van der Waals surface area contributed by atoms with Gasteiger partial charge in [-0.3, -0.25) is 9.67 Å². The molecule has 3 aromatic carbocycles. The van der Waals surface area contributed by atoms with Crippen molar-refractivity contribution in [1.29, 1.82) is 0 Å². The molecule has 2 heterocycles. The first kappa shape index (κ1) is 22.3. The smallest absolute Gasteiger partial charge is 0.328 e. The van der Waals surface area contributed by atoms with E-state index in [0.717, 1.165) is 45.3 Å². The van der Waals surface area contributed by atoms with Crippen LogP contribution in [-0.2, 0) is 24.4 Å². The molecule has 7 heteroatoms. The summed E-state index contributed by atoms with van der Waals surface area (Å²) in [6.45, 7) is 0.446. The van der Waals surface area contributed by atoms with Gasteiger partial charge in [-0.2, -0.15) is 5.10 Å². The van der Waals surface area contributed by atoms with Gasteiger partial charge in [0.2, 0.25) is 0 Å². The van der Waals surface area contributed by atoms with Crippen molar-refractivity contribution in [2.75, 3.05) is 0 Å². The molecule has 0 saturated carbocycles. The molecule has 0 fully saturated rings. The molecule has 1 aliphatic rings. The Bertz CT molecular complexity index is 1450. The van der Waals surface area contributed by atoms with Crippen molar-refractivity contribution in [3.05, 3.63) is 101 Å². The third-order valence-corrected chi connectivity index (χ3v) is 5.76. The molecule has 35 heavy (non-hydrogen) atoms. The molecule has 0 atom stereocenters. The maximum absolute atomic E-state index is 10.8. The number of benzene rings is 3. The van der Waals surface area contributed by atoms with Crippen molar-refractivity contribution in [3.8, 4) is 22.8 Å². The van der Waals surface area contributed by atoms with E-state index in [1.807, 2.05) is 83.8 Å². The summed E-state index contributed by atoms with van der Waals surface area (Å²) in [7, 11) is 0. The van der Waals surface area contributed by atoms with Crippen LogP contribution in [0.3, 0.4) is 0 Å². The summed E-state index contributed by atoms with van der Waals surface area (Å²) in [4.78, 5) is 15.1. The summed E-state index contributed by atoms with van der Waals surface area (Å²) in [5, 5.41) is 23.4. The van der Waals surface area contributed by atoms with Crippen molar-refractivity contribution in [2.24, 2.45) is 4.99 Å². The van der Waals surface area contributed by atoms with Crippen LogP contribution in [0.4, 0.5) is 5.69 Å². The van der Waals surface area contributed by atoms with E-state index in [9.17, 15) is 9.90 Å². The highest BCUT2D eigenvalue weighted by Crippen LogP contribution is 2.36. The molecular formula is C28H23N3O4. The van der Waals surface area contributed by atoms with E-state index in [4.69, 9.17) is 14.9 Å². The molecule has 2 N–H and O–H groups in total. The van der Waals surface area contributed by atoms with Gasteiger partial charge in [0.1, 0.15) is 11.5 Å². The van der Waals surface area contributed by atoms with Gasteiger partial charge in [0, 0.05) is 36.0 Å². The molecule has 1 aromatic heterocycles. The predicted octanol–water partition coefficient (Wildman–Crippen LogP) is 5.24. The minimum absolute atomic E-state index is 0.112. The summed E-state index contributed by atoms with van der Waals surface area (Å²) in [6.07, 6.45) is 7.14. The molecule has 0 radical (unpaired) electrons. The Labute approximate surface area is 202 Å². The van der Waals surface area contributed by atoms with Gasteiger partial charge in [-0.1, -0.05) is 30.3 Å². The van der Waals surface area contributed by atoms with Gasteiger partial charge in [0.05, 0.1) is 24.5 Å². The number of aliphatic hydroxyl groups excluding tert-OH is 1. The number of aliphatic hydroxyl groups is 1. The van der Waals surface area contributed by atoms with E-state index in [-0.39, 0.29) is 6.61 Å². The number of aliphatic imine (C=N–C) groups is 1. The van der Waals surface area contributed by atoms with Crippen LogP contribution in [0.25, 0.3) is 17.3 Å². The third kappa shape index (κ3) is 5.05. The minimum atomic E-state index is -0.976. The topological polar surface area (TPSA) is 96.9 Å². The second-order valence-electron chi connectivity index (χ2n) is 8.16. The monoisotopic (exact) mass is 465 g/mol. The second-order valence-corrected chi connectivity index (χ2v) is 8.16. The van der Waals surface area contributed by atoms with Crippen molar-refractivity contribution in [1.82, 2.24) is 9.78 Å². The Balaban J connectivity index is 1.33. The number of fused-ring (bicyclic) bond motifs is 1. The van der Waals surface area contributed by atoms with Crippen molar-refractivity contribution >= 4 is 23.9 Å². The quantitative estimate of drug-likeness (QED) is 0.347. The molecule has 4 aromatic rings. The Morgan fingerprint density at radius 2 is 1.97 bits per heavy atom. The summed E-state index contributed by atoms with van der Waals surface area (Å²) in [6, 6.07) is 21.1. The van der Waals surface area contributed by atoms with Crippen LogP contribution in [0.1, 0.15) is 22.3 Å². The van der Waals surface area contributed by atoms with Gasteiger partial charge in [0.15, 0.2) is 0 Å². The highest BCUT2D eigenvalue weighted by Gasteiger charge is 2.16. The number of carboxylic acids is 1. The van der Waals surface area contributed by atoms with Crippen LogP contribution in [0.5, 0.6) is 11.5 Å². The highest BCUT2D eigenvalue weighted by atomic mass is 16.5. The zero-order valence-electron chi connectivity index (χ0n) is 18.8. The van der Waals surface area contributed by atoms with Crippen molar-refractivity contribution < 1.29 is 19.7 Å². The molecule has 0 saturated heterocycles. The lowest BCUT2D eigenvalue weighted by molar-refractivity contribution is -0.131. The van der Waals surface area contributed by atoms with Crippen molar-refractivity contribution in [2.45, 2.75) is 19.6 Å². The summed E-state index contributed by atoms with van der Waals surface area (Å²) < 4.78 is 7.99. The zero-order valence-corrected chi connectivity index (χ0v) is 18.8. The Hall–Kier alpha value is -4.49. The number of hydrogen-bond acceptors (Lipinski definition) is 5. The number of carbonyl (C=O) groups is 1. The molecule has 1 aliphatic heterocycles. The van der Waals surface area contributed by atoms with Crippen LogP contribution in [0, 0.1) is 0 Å². The molecule has 7 nitrogen and oxygen atoms in total. The molecule has 0 unspecified atom stereocenters. The largest absolute Gasteiger partial charge is 0.478 e. The average molecular weight is 466 g/mol. The Morgan fingerprint density at radius 1 is 1.09 bits per heavy atom. The van der Waals surface area contributed by atoms with Gasteiger partial charge in [-0.05, 0) is 59.2 Å². The molecule has 0 bridgehead atoms. The molecule has 5 rings (SSSR count). The Kier molecular flexibility index (Phi) is 6.24. The van der Waals surface area contributed by atoms with E-state index in [0.29, 0.717) is 24.5 Å². The molecule has 0 spiro atoms. The predicted molar refractivity (Wildman–Crippen MR) is 134 cm³/mol. The number of carboxylic acid groups (broad SMARTS) is 1. The molecule has 0 amide bonds. The molecule has 0 aliphatic carbocycles. The maximum atomic E-state index is 10.8. The van der Waals surface area contributed by atoms with Crippen LogP contribution in [0.15, 0.2) is 84.0 Å². The van der Waals surface area contributed by atoms with Gasteiger partial charge in [-0.15, -0.1) is 0 Å². The lowest BCUT2D eigenvalue weighted by Crippen LogP contribution is -2.00. The van der Waals surface area contributed by atoms with E-state index in [1.165, 1.54) is 0 Å². The fourth-order valence-electron chi connectivity index (χ4n) is 4.11. The van der Waals surface area contributed by atoms with Gasteiger partial charge < -0.3 is 14.9 Å². The SMILES string of the molecule is O=C(O)/C=C/c1cccc(Cn2ccc(-c3cccc(Oc4ccc5c(c4CO)CC=N5)c3)n2)c1. The lowest BCUT2D eigenvalue weighted by atomic mass is 10.0. The van der Waals surface area contributed by atoms with Gasteiger partial charge in [-0.25, -0.2) is 4.79 Å². The molecule has 174 valence electrons. The first-order valence-corrected chi connectivity index (χ1v) is 11.2. The lowest BCUT2D eigenvalue weighted by Gasteiger charge is -2.13. The fraction of sp³-hybridized carbons (Fsp3) is 0.107. The fourth-order valence-corrected chi connectivity index (χ4v) is 4.11. The number of ether oxygens (including phenoxy) is 1. The first-order chi connectivity index (χ1) is 17.1. The normalized spacial score (nSPS) is 12.3. The second kappa shape index (κ2) is 9.79. The summed E-state index contributed by atoms with van der Waals surface area (Å²) in [5.74, 6) is 0.302. The number of nitrogens with zero attached hydrogens (tertiary/aromatic N) is 3. The number of aromatic nitrogens is 2. The zero-order chi connectivity index (χ0) is 24.2. The third-order valence-electron chi connectivity index (χ3n) is 5.76. The average Bonchev–Trinajstić information content (AvgIpc) is 3.53. The van der Waals surface area contributed by atoms with Crippen molar-refractivity contribution in [3.63, 3.8) is 0 Å². The minimum Gasteiger partial charge on any atom is -0.478 e. The number of aliphatic carboxylic acids is 1. The molecular weight excluding hydrogens is 442 g/mol. The number of rotatable bonds is 8. The van der Waals surface area contributed by atoms with E-state index >= 15 is 0 Å². The summed E-state index contributed by atoms with van der Waals surface area (Å²) >= 11 is 0. The van der Waals surface area contributed by atoms with Crippen LogP contribution >= 0.6 is 0 Å². The first-order valence-electron chi connectivity index (χ1n) is 11.2. The van der Waals surface area contributed by atoms with Crippen LogP contribution < -0.4 is 4.74 Å². The van der Waals surface area contributed by atoms with E-state index in [1.54, 1.807) is 6.08 Å². The van der Waals surface area contributed by atoms with E-state index in [2.05, 4.69) is 4.99 Å². The van der Waals surface area contributed by atoms with Crippen LogP contribution in [0.2, 0.25) is 0 Å². The van der Waals surface area contributed by atoms with Crippen LogP contribution in [-0.4, -0.2) is 32.2 Å². The Morgan fingerprint density at radius 3 is 2.83 bits per heavy atom. The summed E-state index contributed by atoms with van der Waals surface area (Å²) in [5.41, 5.74) is 6.20. The van der Waals surface area contributed by atoms with E-state index < -0.39 is 5.97 Å². The maximum Gasteiger partial charge on any atom is 0.328 e. The standard InChI is InChI=1S/C28H23N3O4/c32-18-24-23-11-13-29-26(23)8-9-27(24)35-22-6-2-5-21(16-22)25-12-14-31(30-25)17-20-4-1-3-19(15-20)7-10-28(33)34/h1-10,12-16,32H,11,17-18H2,(H,33,34)/b10-7+. The van der Waals surface area contributed by atoms with Gasteiger partial charge in [0.25, 0.3) is 0 Å². The highest BCUT2D eigenvalue weighted by molar-refractivity contribution is 5.85.